The van der Waals surface area contributed by atoms with E-state index in [4.69, 9.17) is 37.0 Å². The predicted octanol–water partition coefficient (Wildman–Crippen LogP) is 18.0. The average molecular weight is 1240 g/mol. The zero-order chi connectivity index (χ0) is 62.2. The van der Waals surface area contributed by atoms with E-state index in [0.29, 0.717) is 25.7 Å². The Morgan fingerprint density at radius 1 is 0.345 bits per heavy atom. The molecule has 0 aromatic rings. The molecule has 3 N–H and O–H groups in total. The molecule has 0 heterocycles. The Bertz CT molecular complexity index is 1650. The van der Waals surface area contributed by atoms with Crippen LogP contribution in [0.15, 0.2) is 0 Å². The number of carbonyl (C=O) groups excluding carboxylic acids is 4. The summed E-state index contributed by atoms with van der Waals surface area (Å²) in [6.07, 6.45) is 40.6. The number of hydrogen-bond acceptors (Lipinski definition) is 15. The number of unbranched alkanes of at least 4 members (excludes halogenated alkanes) is 33. The van der Waals surface area contributed by atoms with Crippen molar-refractivity contribution in [3.8, 4) is 0 Å². The summed E-state index contributed by atoms with van der Waals surface area (Å²) in [6, 6.07) is 0. The van der Waals surface area contributed by atoms with Gasteiger partial charge in [-0.25, -0.2) is 9.13 Å². The maximum absolute atomic E-state index is 13.0. The summed E-state index contributed by atoms with van der Waals surface area (Å²) in [7, 11) is -9.88. The molecule has 19 heteroatoms. The highest BCUT2D eigenvalue weighted by Crippen LogP contribution is 2.45. The molecule has 0 aliphatic heterocycles. The first-order chi connectivity index (χ1) is 40.4. The lowest BCUT2D eigenvalue weighted by molar-refractivity contribution is -0.161. The Hall–Kier alpha value is -1.94. The van der Waals surface area contributed by atoms with Crippen LogP contribution in [0.5, 0.6) is 0 Å². The fourth-order valence-corrected chi connectivity index (χ4v) is 11.3. The van der Waals surface area contributed by atoms with Crippen molar-refractivity contribution in [2.75, 3.05) is 39.6 Å². The van der Waals surface area contributed by atoms with Gasteiger partial charge in [0.1, 0.15) is 19.3 Å². The zero-order valence-electron chi connectivity index (χ0n) is 54.2. The lowest BCUT2D eigenvalue weighted by atomic mass is 9.99. The Morgan fingerprint density at radius 3 is 0.905 bits per heavy atom. The maximum atomic E-state index is 13.0. The Morgan fingerprint density at radius 2 is 0.607 bits per heavy atom. The number of carbonyl (C=O) groups is 4. The van der Waals surface area contributed by atoms with Crippen LogP contribution >= 0.6 is 15.6 Å². The highest BCUT2D eigenvalue weighted by Gasteiger charge is 2.30. The van der Waals surface area contributed by atoms with E-state index in [1.54, 1.807) is 0 Å². The Balaban J connectivity index is 5.16. The molecule has 0 amide bonds. The summed E-state index contributed by atoms with van der Waals surface area (Å²) < 4.78 is 67.8. The van der Waals surface area contributed by atoms with Crippen LogP contribution in [0.3, 0.4) is 0 Å². The van der Waals surface area contributed by atoms with Gasteiger partial charge in [-0.1, -0.05) is 273 Å². The summed E-state index contributed by atoms with van der Waals surface area (Å²) >= 11 is 0. The number of hydrogen-bond donors (Lipinski definition) is 3. The van der Waals surface area contributed by atoms with Gasteiger partial charge in [0.2, 0.25) is 0 Å². The number of aliphatic hydroxyl groups is 1. The highest BCUT2D eigenvalue weighted by molar-refractivity contribution is 7.47. The van der Waals surface area contributed by atoms with E-state index in [1.165, 1.54) is 116 Å². The summed E-state index contributed by atoms with van der Waals surface area (Å²) in [5.74, 6) is -0.551. The summed E-state index contributed by atoms with van der Waals surface area (Å²) in [6.45, 7) is 9.46. The van der Waals surface area contributed by atoms with Gasteiger partial charge < -0.3 is 33.8 Å². The third-order valence-electron chi connectivity index (χ3n) is 15.3. The van der Waals surface area contributed by atoms with Gasteiger partial charge in [0.05, 0.1) is 26.4 Å². The number of phosphoric ester groups is 2. The second kappa shape index (κ2) is 57.5. The van der Waals surface area contributed by atoms with Crippen LogP contribution in [-0.2, 0) is 65.4 Å². The van der Waals surface area contributed by atoms with Gasteiger partial charge in [-0.15, -0.1) is 0 Å². The van der Waals surface area contributed by atoms with Crippen molar-refractivity contribution in [1.82, 2.24) is 0 Å². The molecule has 0 aromatic heterocycles. The fourth-order valence-electron chi connectivity index (χ4n) is 9.68. The summed E-state index contributed by atoms with van der Waals surface area (Å²) in [5, 5.41) is 10.5. The van der Waals surface area contributed by atoms with E-state index in [9.17, 15) is 43.2 Å². The molecule has 0 fully saturated rings. The summed E-state index contributed by atoms with van der Waals surface area (Å²) in [4.78, 5) is 72.0. The normalized spacial score (nSPS) is 14.6. The minimum absolute atomic E-state index is 0.103. The predicted molar refractivity (Wildman–Crippen MR) is 335 cm³/mol. The molecule has 0 aromatic carbocycles. The first kappa shape index (κ1) is 82.1. The minimum atomic E-state index is -4.94. The van der Waals surface area contributed by atoms with E-state index in [0.717, 1.165) is 127 Å². The van der Waals surface area contributed by atoms with Crippen molar-refractivity contribution in [2.24, 2.45) is 11.8 Å². The minimum Gasteiger partial charge on any atom is -0.462 e. The largest absolute Gasteiger partial charge is 0.472 e. The molecule has 0 aliphatic carbocycles. The van der Waals surface area contributed by atoms with Gasteiger partial charge >= 0.3 is 39.5 Å². The van der Waals surface area contributed by atoms with Gasteiger partial charge in [-0.3, -0.25) is 37.3 Å². The number of aliphatic hydroxyl groups excluding tert-OH is 1. The molecule has 0 rings (SSSR count). The monoisotopic (exact) mass is 1240 g/mol. The SMILES string of the molecule is CCCCCCCCCC(=O)OC[C@H](COP(=O)(O)OC[C@H](O)COP(=O)(O)OC[C@@H](COC(=O)CCCCCCCCCCCC(C)C)OC(=O)CCCCCCCCCCCCCCCCC(C)CC)OC(=O)CCCCCCCCC. The lowest BCUT2D eigenvalue weighted by Crippen LogP contribution is -2.30. The molecule has 0 saturated heterocycles. The third-order valence-corrected chi connectivity index (χ3v) is 17.2. The van der Waals surface area contributed by atoms with Crippen LogP contribution in [0.4, 0.5) is 0 Å². The Labute approximate surface area is 511 Å². The van der Waals surface area contributed by atoms with E-state index in [-0.39, 0.29) is 25.7 Å². The van der Waals surface area contributed by atoms with Gasteiger partial charge in [0.25, 0.3) is 0 Å². The van der Waals surface area contributed by atoms with Crippen molar-refractivity contribution in [2.45, 2.75) is 342 Å². The number of phosphoric acid groups is 2. The van der Waals surface area contributed by atoms with Crippen LogP contribution in [0.25, 0.3) is 0 Å². The molecule has 0 radical (unpaired) electrons. The third kappa shape index (κ3) is 57.8. The average Bonchev–Trinajstić information content (AvgIpc) is 3.48. The summed E-state index contributed by atoms with van der Waals surface area (Å²) in [5.41, 5.74) is 0. The van der Waals surface area contributed by atoms with E-state index >= 15 is 0 Å². The molecule has 3 unspecified atom stereocenters. The molecule has 0 bridgehead atoms. The van der Waals surface area contributed by atoms with E-state index < -0.39 is 97.5 Å². The molecule has 6 atom stereocenters. The van der Waals surface area contributed by atoms with Gasteiger partial charge in [-0.2, -0.15) is 0 Å². The van der Waals surface area contributed by atoms with Crippen molar-refractivity contribution in [1.29, 1.82) is 0 Å². The molecule has 0 saturated carbocycles. The first-order valence-corrected chi connectivity index (χ1v) is 37.0. The van der Waals surface area contributed by atoms with Crippen LogP contribution in [0.2, 0.25) is 0 Å². The van der Waals surface area contributed by atoms with Crippen LogP contribution in [0, 0.1) is 11.8 Å². The first-order valence-electron chi connectivity index (χ1n) is 34.0. The van der Waals surface area contributed by atoms with Crippen molar-refractivity contribution in [3.63, 3.8) is 0 Å². The smallest absolute Gasteiger partial charge is 0.462 e. The van der Waals surface area contributed by atoms with Crippen molar-refractivity contribution < 1.29 is 80.2 Å². The van der Waals surface area contributed by atoms with E-state index in [1.807, 2.05) is 0 Å². The van der Waals surface area contributed by atoms with Crippen molar-refractivity contribution >= 4 is 39.5 Å². The van der Waals surface area contributed by atoms with Gasteiger partial charge in [-0.05, 0) is 37.5 Å². The van der Waals surface area contributed by atoms with E-state index in [2.05, 4.69) is 41.5 Å². The lowest BCUT2D eigenvalue weighted by Gasteiger charge is -2.21. The van der Waals surface area contributed by atoms with Crippen LogP contribution in [-0.4, -0.2) is 96.7 Å². The Kier molecular flexibility index (Phi) is 56.2. The number of ether oxygens (including phenoxy) is 4. The van der Waals surface area contributed by atoms with Crippen molar-refractivity contribution in [3.05, 3.63) is 0 Å². The number of esters is 4. The standard InChI is InChI=1S/C65H126O17P2/c1-7-10-12-14-27-35-41-47-62(67)75-53-60(81-64(69)49-43-37-28-15-13-11-8-2)55-79-83(71,72)77-51-59(66)52-78-84(73,74)80-56-61(54-76-63(68)48-42-36-31-26-22-23-29-33-39-45-57(4)5)82-65(70)50-44-38-32-25-21-19-17-16-18-20-24-30-34-40-46-58(6)9-3/h57-61,66H,7-56H2,1-6H3,(H,71,72)(H,73,74)/t58?,59-,60+,61+/m0/s1. The zero-order valence-corrected chi connectivity index (χ0v) is 56.0. The second-order valence-electron chi connectivity index (χ2n) is 24.2. The molecular weight excluding hydrogens is 1110 g/mol. The number of rotatable bonds is 64. The molecule has 498 valence electrons. The van der Waals surface area contributed by atoms with Crippen LogP contribution in [0.1, 0.15) is 324 Å². The quantitative estimate of drug-likeness (QED) is 0.0222. The topological polar surface area (TPSA) is 237 Å². The maximum Gasteiger partial charge on any atom is 0.472 e. The second-order valence-corrected chi connectivity index (χ2v) is 27.1. The van der Waals surface area contributed by atoms with Gasteiger partial charge in [0, 0.05) is 25.7 Å². The molecule has 0 spiro atoms. The molecule has 0 aliphatic rings. The fraction of sp³-hybridized carbons (Fsp3) is 0.938. The molecule has 17 nitrogen and oxygen atoms in total. The van der Waals surface area contributed by atoms with Gasteiger partial charge in [0.15, 0.2) is 12.2 Å². The molecular formula is C65H126O17P2. The highest BCUT2D eigenvalue weighted by atomic mass is 31.2. The van der Waals surface area contributed by atoms with Crippen LogP contribution < -0.4 is 0 Å². The molecule has 84 heavy (non-hydrogen) atoms.